The molecule has 0 saturated carbocycles. The number of carbonyl (C=O) groups is 1. The number of hydrogen-bond acceptors (Lipinski definition) is 7. The summed E-state index contributed by atoms with van der Waals surface area (Å²) in [6.45, 7) is 7.71. The molecule has 0 aliphatic carbocycles. The molecule has 0 spiro atoms. The van der Waals surface area contributed by atoms with Crippen molar-refractivity contribution >= 4 is 34.2 Å². The maximum atomic E-state index is 14.4. The lowest BCUT2D eigenvalue weighted by molar-refractivity contribution is -0.139. The molecule has 0 radical (unpaired) electrons. The van der Waals surface area contributed by atoms with Crippen molar-refractivity contribution in [2.75, 3.05) is 13.2 Å². The summed E-state index contributed by atoms with van der Waals surface area (Å²) in [5.41, 5.74) is 2.25. The van der Waals surface area contributed by atoms with Crippen LogP contribution in [0.5, 0.6) is 11.5 Å². The number of fused-ring (bicyclic) bond motifs is 2. The zero-order chi connectivity index (χ0) is 32.2. The molecule has 1 aliphatic heterocycles. The van der Waals surface area contributed by atoms with E-state index in [-0.39, 0.29) is 24.6 Å². The number of allylic oxidation sites excluding steroid dienone is 1. The van der Waals surface area contributed by atoms with Crippen molar-refractivity contribution in [2.24, 2.45) is 4.99 Å². The first-order valence-corrected chi connectivity index (χ1v) is 15.6. The molecule has 7 nitrogen and oxygen atoms in total. The Kier molecular flexibility index (Phi) is 8.94. The van der Waals surface area contributed by atoms with Crippen molar-refractivity contribution in [1.82, 2.24) is 4.57 Å². The number of ether oxygens (including phenoxy) is 3. The lowest BCUT2D eigenvalue weighted by atomic mass is 9.96. The van der Waals surface area contributed by atoms with Gasteiger partial charge in [0.2, 0.25) is 0 Å². The molecule has 1 aliphatic rings. The van der Waals surface area contributed by atoms with Gasteiger partial charge in [-0.1, -0.05) is 84.7 Å². The van der Waals surface area contributed by atoms with E-state index >= 15 is 0 Å². The quantitative estimate of drug-likeness (QED) is 0.134. The largest absolute Gasteiger partial charge is 0.490 e. The minimum Gasteiger partial charge on any atom is -0.490 e. The highest BCUT2D eigenvalue weighted by Gasteiger charge is 2.33. The third kappa shape index (κ3) is 6.01. The van der Waals surface area contributed by atoms with Crippen LogP contribution in [0, 0.1) is 5.82 Å². The van der Waals surface area contributed by atoms with Gasteiger partial charge < -0.3 is 14.2 Å². The van der Waals surface area contributed by atoms with E-state index in [1.807, 2.05) is 48.5 Å². The maximum Gasteiger partial charge on any atom is 0.338 e. The van der Waals surface area contributed by atoms with Crippen molar-refractivity contribution in [1.29, 1.82) is 0 Å². The number of hydrogen-bond donors (Lipinski definition) is 0. The minimum absolute atomic E-state index is 0.0156. The average Bonchev–Trinajstić information content (AvgIpc) is 3.37. The smallest absolute Gasteiger partial charge is 0.338 e. The van der Waals surface area contributed by atoms with E-state index in [0.717, 1.165) is 10.8 Å². The van der Waals surface area contributed by atoms with Crippen LogP contribution in [0.25, 0.3) is 16.8 Å². The van der Waals surface area contributed by atoms with Gasteiger partial charge in [0, 0.05) is 11.1 Å². The monoisotopic (exact) mass is 634 g/mol. The number of esters is 1. The van der Waals surface area contributed by atoms with Crippen molar-refractivity contribution in [2.45, 2.75) is 26.5 Å². The van der Waals surface area contributed by atoms with Crippen LogP contribution in [0.3, 0.4) is 0 Å². The first kappa shape index (κ1) is 30.7. The lowest BCUT2D eigenvalue weighted by Crippen LogP contribution is -2.39. The molecule has 4 aromatic carbocycles. The second-order valence-corrected chi connectivity index (χ2v) is 11.6. The van der Waals surface area contributed by atoms with Crippen LogP contribution >= 0.6 is 11.3 Å². The molecule has 9 heteroatoms. The predicted molar refractivity (Wildman–Crippen MR) is 177 cm³/mol. The third-order valence-electron chi connectivity index (χ3n) is 7.63. The van der Waals surface area contributed by atoms with Gasteiger partial charge in [0.1, 0.15) is 30.5 Å². The summed E-state index contributed by atoms with van der Waals surface area (Å²) in [5, 5.41) is 1.83. The summed E-state index contributed by atoms with van der Waals surface area (Å²) in [4.78, 5) is 32.7. The summed E-state index contributed by atoms with van der Waals surface area (Å²) in [5.74, 6) is 0.246. The number of halogens is 1. The van der Waals surface area contributed by atoms with Gasteiger partial charge in [-0.2, -0.15) is 0 Å². The lowest BCUT2D eigenvalue weighted by Gasteiger charge is -2.24. The van der Waals surface area contributed by atoms with E-state index in [2.05, 4.69) is 11.6 Å². The van der Waals surface area contributed by atoms with Crippen LogP contribution in [0.15, 0.2) is 119 Å². The van der Waals surface area contributed by atoms with Crippen LogP contribution in [-0.2, 0) is 16.1 Å². The Morgan fingerprint density at radius 2 is 1.78 bits per heavy atom. The number of rotatable bonds is 10. The molecule has 5 aromatic rings. The van der Waals surface area contributed by atoms with Crippen molar-refractivity contribution in [3.05, 3.63) is 151 Å². The highest BCUT2D eigenvalue weighted by molar-refractivity contribution is 7.07. The molecule has 232 valence electrons. The summed E-state index contributed by atoms with van der Waals surface area (Å²) in [6.07, 6.45) is 3.44. The zero-order valence-corrected chi connectivity index (χ0v) is 26.2. The maximum absolute atomic E-state index is 14.4. The molecule has 1 aromatic heterocycles. The molecule has 0 fully saturated rings. The van der Waals surface area contributed by atoms with Gasteiger partial charge in [-0.25, -0.2) is 14.2 Å². The molecular formula is C37H31FN2O5S. The Bertz CT molecular complexity index is 2160. The van der Waals surface area contributed by atoms with Gasteiger partial charge >= 0.3 is 5.97 Å². The fraction of sp³-hybridized carbons (Fsp3) is 0.162. The van der Waals surface area contributed by atoms with E-state index < -0.39 is 12.0 Å². The van der Waals surface area contributed by atoms with Crippen LogP contribution < -0.4 is 24.4 Å². The van der Waals surface area contributed by atoms with Gasteiger partial charge in [-0.15, -0.1) is 0 Å². The van der Waals surface area contributed by atoms with Crippen LogP contribution in [0.2, 0.25) is 0 Å². The molecule has 2 heterocycles. The molecular weight excluding hydrogens is 603 g/mol. The number of thiazole rings is 1. The third-order valence-corrected chi connectivity index (χ3v) is 8.61. The van der Waals surface area contributed by atoms with E-state index in [1.54, 1.807) is 60.9 Å². The number of benzene rings is 4. The average molecular weight is 635 g/mol. The van der Waals surface area contributed by atoms with E-state index in [9.17, 15) is 14.0 Å². The van der Waals surface area contributed by atoms with Crippen molar-refractivity contribution in [3.8, 4) is 11.5 Å². The number of aromatic nitrogens is 1. The Morgan fingerprint density at radius 1 is 1.02 bits per heavy atom. The summed E-state index contributed by atoms with van der Waals surface area (Å²) in [7, 11) is 0. The Balaban J connectivity index is 1.50. The van der Waals surface area contributed by atoms with Crippen LogP contribution in [-0.4, -0.2) is 23.8 Å². The topological polar surface area (TPSA) is 79.1 Å². The van der Waals surface area contributed by atoms with Gasteiger partial charge in [-0.05, 0) is 60.5 Å². The zero-order valence-electron chi connectivity index (χ0n) is 25.4. The van der Waals surface area contributed by atoms with E-state index in [0.29, 0.717) is 55.4 Å². The standard InChI is InChI=1S/C37H31FN2O5S/c1-4-20-44-27-17-14-25(15-18-27)34-33(36(42)43-5-2)23(3)39-37-40(34)35(41)32(46-37)21-29-28-12-8-6-10-24(28)16-19-31(29)45-22-26-11-7-9-13-30(26)38/h4,6-19,21,34H,1,5,20,22H2,2-3H3/b32-21-/t34-/m0/s1. The molecule has 1 atom stereocenters. The van der Waals surface area contributed by atoms with Crippen LogP contribution in [0.4, 0.5) is 4.39 Å². The molecule has 0 amide bonds. The highest BCUT2D eigenvalue weighted by Crippen LogP contribution is 2.33. The molecule has 46 heavy (non-hydrogen) atoms. The van der Waals surface area contributed by atoms with Crippen molar-refractivity contribution in [3.63, 3.8) is 0 Å². The Hall–Kier alpha value is -5.28. The van der Waals surface area contributed by atoms with Gasteiger partial charge in [0.05, 0.1) is 28.5 Å². The van der Waals surface area contributed by atoms with Gasteiger partial charge in [0.25, 0.3) is 5.56 Å². The highest BCUT2D eigenvalue weighted by atomic mass is 32.1. The van der Waals surface area contributed by atoms with E-state index in [4.69, 9.17) is 14.2 Å². The van der Waals surface area contributed by atoms with Gasteiger partial charge in [-0.3, -0.25) is 9.36 Å². The SMILES string of the molecule is C=CCOc1ccc([C@H]2C(C(=O)OCC)=C(C)N=c3s/c(=C\c4c(OCc5ccccc5F)ccc5ccccc45)c(=O)n32)cc1. The van der Waals surface area contributed by atoms with E-state index in [1.165, 1.54) is 17.4 Å². The molecule has 0 unspecified atom stereocenters. The fourth-order valence-electron chi connectivity index (χ4n) is 5.46. The minimum atomic E-state index is -0.768. The first-order valence-electron chi connectivity index (χ1n) is 14.8. The normalized spacial score (nSPS) is 14.5. The van der Waals surface area contributed by atoms with Crippen molar-refractivity contribution < 1.29 is 23.4 Å². The van der Waals surface area contributed by atoms with Crippen LogP contribution in [0.1, 0.15) is 36.6 Å². The number of carbonyl (C=O) groups excluding carboxylic acids is 1. The summed E-state index contributed by atoms with van der Waals surface area (Å²) in [6, 6.07) is 24.5. The first-order chi connectivity index (χ1) is 22.4. The second-order valence-electron chi connectivity index (χ2n) is 10.5. The Labute approximate surface area is 268 Å². The Morgan fingerprint density at radius 3 is 2.54 bits per heavy atom. The predicted octanol–water partition coefficient (Wildman–Crippen LogP) is 6.23. The molecule has 0 N–H and O–H groups in total. The number of nitrogens with zero attached hydrogens (tertiary/aromatic N) is 2. The second kappa shape index (κ2) is 13.4. The molecule has 6 rings (SSSR count). The fourth-order valence-corrected chi connectivity index (χ4v) is 6.49. The van der Waals surface area contributed by atoms with Gasteiger partial charge in [0.15, 0.2) is 4.80 Å². The molecule has 0 bridgehead atoms. The summed E-state index contributed by atoms with van der Waals surface area (Å²) < 4.78 is 33.6. The molecule has 0 saturated heterocycles. The summed E-state index contributed by atoms with van der Waals surface area (Å²) >= 11 is 1.23.